The molecular weight excluding hydrogens is 325 g/mol. The first-order valence-electron chi connectivity index (χ1n) is 6.52. The number of rotatable bonds is 4. The summed E-state index contributed by atoms with van der Waals surface area (Å²) < 4.78 is 0. The fourth-order valence-corrected chi connectivity index (χ4v) is 2.02. The molecule has 7 heteroatoms. The molecule has 0 radical (unpaired) electrons. The van der Waals surface area contributed by atoms with E-state index < -0.39 is 0 Å². The molecule has 0 aliphatic rings. The number of halogens is 2. The molecule has 0 aliphatic heterocycles. The first-order chi connectivity index (χ1) is 10.5. The summed E-state index contributed by atoms with van der Waals surface area (Å²) in [5.74, 6) is -0.589. The summed E-state index contributed by atoms with van der Waals surface area (Å²) in [4.78, 5) is 27.7. The maximum Gasteiger partial charge on any atom is 0.257 e. The zero-order valence-corrected chi connectivity index (χ0v) is 13.2. The van der Waals surface area contributed by atoms with Crippen LogP contribution in [0, 0.1) is 0 Å². The van der Waals surface area contributed by atoms with Crippen LogP contribution in [-0.2, 0) is 0 Å². The largest absolute Gasteiger partial charge is 0.352 e. The van der Waals surface area contributed by atoms with Gasteiger partial charge in [0.25, 0.3) is 11.8 Å². The molecule has 2 rings (SSSR count). The van der Waals surface area contributed by atoms with Crippen LogP contribution in [0.1, 0.15) is 27.6 Å². The number of pyridine rings is 1. The first kappa shape index (κ1) is 16.3. The Kier molecular flexibility index (Phi) is 5.35. The molecule has 0 spiro atoms. The van der Waals surface area contributed by atoms with E-state index in [1.165, 1.54) is 12.3 Å². The van der Waals surface area contributed by atoms with Gasteiger partial charge in [-0.15, -0.1) is 0 Å². The average Bonchev–Trinajstić information content (AvgIpc) is 2.50. The molecule has 0 bridgehead atoms. The molecule has 1 heterocycles. The third-order valence-corrected chi connectivity index (χ3v) is 3.46. The van der Waals surface area contributed by atoms with Crippen molar-refractivity contribution in [3.8, 4) is 0 Å². The van der Waals surface area contributed by atoms with E-state index in [2.05, 4.69) is 15.6 Å². The number of carbonyl (C=O) groups excluding carboxylic acids is 2. The molecule has 0 saturated carbocycles. The average molecular weight is 338 g/mol. The van der Waals surface area contributed by atoms with Crippen LogP contribution in [0.5, 0.6) is 0 Å². The number of amides is 2. The normalized spacial score (nSPS) is 10.1. The highest BCUT2D eigenvalue weighted by molar-refractivity contribution is 6.41. The molecule has 0 unspecified atom stereocenters. The molecule has 2 N–H and O–H groups in total. The molecular formula is C15H13Cl2N3O2. The van der Waals surface area contributed by atoms with Gasteiger partial charge in [-0.2, -0.15) is 0 Å². The third kappa shape index (κ3) is 3.96. The molecule has 2 aromatic rings. The number of nitrogens with one attached hydrogen (secondary N) is 2. The van der Waals surface area contributed by atoms with E-state index in [4.69, 9.17) is 23.2 Å². The fourth-order valence-electron chi connectivity index (χ4n) is 1.75. The summed E-state index contributed by atoms with van der Waals surface area (Å²) in [7, 11) is 0. The van der Waals surface area contributed by atoms with Crippen molar-refractivity contribution in [3.05, 3.63) is 57.8 Å². The van der Waals surface area contributed by atoms with Gasteiger partial charge in [-0.3, -0.25) is 9.59 Å². The number of hydrogen-bond acceptors (Lipinski definition) is 3. The molecule has 2 amide bonds. The molecule has 0 atom stereocenters. The van der Waals surface area contributed by atoms with Crippen LogP contribution in [0.2, 0.25) is 10.2 Å². The summed E-state index contributed by atoms with van der Waals surface area (Å²) in [6.45, 7) is 2.37. The van der Waals surface area contributed by atoms with Gasteiger partial charge in [0.2, 0.25) is 0 Å². The number of nitrogens with zero attached hydrogens (tertiary/aromatic N) is 1. The Hall–Kier alpha value is -2.11. The predicted molar refractivity (Wildman–Crippen MR) is 86.7 cm³/mol. The Morgan fingerprint density at radius 2 is 1.91 bits per heavy atom. The first-order valence-corrected chi connectivity index (χ1v) is 7.27. The van der Waals surface area contributed by atoms with Crippen molar-refractivity contribution in [2.24, 2.45) is 0 Å². The fraction of sp³-hybridized carbons (Fsp3) is 0.133. The van der Waals surface area contributed by atoms with E-state index in [1.54, 1.807) is 24.3 Å². The highest BCUT2D eigenvalue weighted by Gasteiger charge is 2.11. The topological polar surface area (TPSA) is 71.1 Å². The summed E-state index contributed by atoms with van der Waals surface area (Å²) in [5, 5.41) is 5.71. The summed E-state index contributed by atoms with van der Waals surface area (Å²) in [5.41, 5.74) is 1.24. The van der Waals surface area contributed by atoms with Crippen LogP contribution in [0.4, 0.5) is 5.69 Å². The molecule has 22 heavy (non-hydrogen) atoms. The van der Waals surface area contributed by atoms with Gasteiger partial charge in [0.15, 0.2) is 0 Å². The van der Waals surface area contributed by atoms with Gasteiger partial charge in [0.05, 0.1) is 10.6 Å². The Morgan fingerprint density at radius 3 is 2.59 bits per heavy atom. The predicted octanol–water partition coefficient (Wildman–Crippen LogP) is 3.39. The summed E-state index contributed by atoms with van der Waals surface area (Å²) in [6, 6.07) is 8.06. The Labute approximate surface area is 137 Å². The van der Waals surface area contributed by atoms with Crippen molar-refractivity contribution in [1.82, 2.24) is 10.3 Å². The lowest BCUT2D eigenvalue weighted by Crippen LogP contribution is -2.22. The smallest absolute Gasteiger partial charge is 0.257 e. The third-order valence-electron chi connectivity index (χ3n) is 2.78. The maximum absolute atomic E-state index is 12.1. The zero-order valence-electron chi connectivity index (χ0n) is 11.7. The van der Waals surface area contributed by atoms with Crippen molar-refractivity contribution in [2.45, 2.75) is 6.92 Å². The molecule has 1 aromatic heterocycles. The van der Waals surface area contributed by atoms with E-state index in [9.17, 15) is 9.59 Å². The Morgan fingerprint density at radius 1 is 1.14 bits per heavy atom. The Balaban J connectivity index is 2.16. The highest BCUT2D eigenvalue weighted by atomic mass is 35.5. The Bertz CT molecular complexity index is 720. The summed E-state index contributed by atoms with van der Waals surface area (Å²) in [6.07, 6.45) is 1.33. The highest BCUT2D eigenvalue weighted by Crippen LogP contribution is 2.20. The monoisotopic (exact) mass is 337 g/mol. The second-order valence-corrected chi connectivity index (χ2v) is 5.16. The molecule has 0 saturated heterocycles. The van der Waals surface area contributed by atoms with Gasteiger partial charge in [0, 0.05) is 24.0 Å². The molecule has 5 nitrogen and oxygen atoms in total. The number of benzene rings is 1. The lowest BCUT2D eigenvalue weighted by Gasteiger charge is -2.08. The second kappa shape index (κ2) is 7.24. The zero-order chi connectivity index (χ0) is 16.1. The second-order valence-electron chi connectivity index (χ2n) is 4.39. The number of hydrogen-bond donors (Lipinski definition) is 2. The SMILES string of the molecule is CCNC(=O)c1cccc(NC(=O)c2cnc(Cl)c(Cl)c2)c1. The van der Waals surface area contributed by atoms with Gasteiger partial charge in [-0.1, -0.05) is 29.3 Å². The number of aromatic nitrogens is 1. The molecule has 1 aromatic carbocycles. The van der Waals surface area contributed by atoms with Crippen molar-refractivity contribution in [3.63, 3.8) is 0 Å². The van der Waals surface area contributed by atoms with E-state index in [0.717, 1.165) is 0 Å². The minimum atomic E-state index is -0.390. The number of anilines is 1. The van der Waals surface area contributed by atoms with Crippen molar-refractivity contribution in [1.29, 1.82) is 0 Å². The van der Waals surface area contributed by atoms with E-state index >= 15 is 0 Å². The van der Waals surface area contributed by atoms with E-state index in [0.29, 0.717) is 17.8 Å². The van der Waals surface area contributed by atoms with Crippen LogP contribution in [0.3, 0.4) is 0 Å². The van der Waals surface area contributed by atoms with Crippen LogP contribution in [0.25, 0.3) is 0 Å². The van der Waals surface area contributed by atoms with Crippen molar-refractivity contribution >= 4 is 40.7 Å². The molecule has 0 fully saturated rings. The molecule has 0 aliphatic carbocycles. The van der Waals surface area contributed by atoms with Gasteiger partial charge >= 0.3 is 0 Å². The quantitative estimate of drug-likeness (QED) is 0.840. The van der Waals surface area contributed by atoms with Gasteiger partial charge in [-0.05, 0) is 31.2 Å². The standard InChI is InChI=1S/C15H13Cl2N3O2/c1-2-18-14(21)9-4-3-5-11(6-9)20-15(22)10-7-12(16)13(17)19-8-10/h3-8H,2H2,1H3,(H,18,21)(H,20,22). The van der Waals surface area contributed by atoms with Crippen LogP contribution in [0.15, 0.2) is 36.5 Å². The lowest BCUT2D eigenvalue weighted by atomic mass is 10.1. The van der Waals surface area contributed by atoms with Gasteiger partial charge < -0.3 is 10.6 Å². The van der Waals surface area contributed by atoms with Gasteiger partial charge in [-0.25, -0.2) is 4.98 Å². The van der Waals surface area contributed by atoms with Gasteiger partial charge in [0.1, 0.15) is 5.15 Å². The number of carbonyl (C=O) groups is 2. The minimum Gasteiger partial charge on any atom is -0.352 e. The van der Waals surface area contributed by atoms with Crippen molar-refractivity contribution < 1.29 is 9.59 Å². The molecule has 114 valence electrons. The van der Waals surface area contributed by atoms with Crippen molar-refractivity contribution in [2.75, 3.05) is 11.9 Å². The lowest BCUT2D eigenvalue weighted by molar-refractivity contribution is 0.0954. The van der Waals surface area contributed by atoms with E-state index in [1.807, 2.05) is 6.92 Å². The van der Waals surface area contributed by atoms with Crippen LogP contribution in [-0.4, -0.2) is 23.3 Å². The minimum absolute atomic E-state index is 0.136. The summed E-state index contributed by atoms with van der Waals surface area (Å²) >= 11 is 11.5. The van der Waals surface area contributed by atoms with Crippen LogP contribution < -0.4 is 10.6 Å². The maximum atomic E-state index is 12.1. The van der Waals surface area contributed by atoms with Crippen LogP contribution >= 0.6 is 23.2 Å². The van der Waals surface area contributed by atoms with E-state index in [-0.39, 0.29) is 27.6 Å².